The second-order valence-corrected chi connectivity index (χ2v) is 6.49. The second kappa shape index (κ2) is 6.29. The Bertz CT molecular complexity index is 661. The van der Waals surface area contributed by atoms with Crippen LogP contribution in [-0.4, -0.2) is 65.0 Å². The van der Waals surface area contributed by atoms with Crippen molar-refractivity contribution in [3.8, 4) is 5.82 Å². The molecule has 23 heavy (non-hydrogen) atoms. The molecular weight excluding hydrogens is 288 g/mol. The van der Waals surface area contributed by atoms with E-state index in [0.29, 0.717) is 6.04 Å². The average Bonchev–Trinajstić information content (AvgIpc) is 3.25. The number of hydrogen-bond donors (Lipinski definition) is 1. The number of pyridine rings is 1. The molecule has 2 aromatic rings. The van der Waals surface area contributed by atoms with Crippen molar-refractivity contribution in [2.75, 3.05) is 44.2 Å². The third kappa shape index (κ3) is 3.09. The van der Waals surface area contributed by atoms with Gasteiger partial charge in [0.2, 0.25) is 0 Å². The van der Waals surface area contributed by atoms with E-state index in [2.05, 4.69) is 32.3 Å². The Morgan fingerprint density at radius 1 is 1.13 bits per heavy atom. The topological polar surface area (TPSA) is 49.2 Å². The predicted molar refractivity (Wildman–Crippen MR) is 91.2 cm³/mol. The van der Waals surface area contributed by atoms with Crippen LogP contribution in [0.5, 0.6) is 0 Å². The lowest BCUT2D eigenvalue weighted by Gasteiger charge is -2.32. The largest absolute Gasteiger partial charge is 0.355 e. The van der Waals surface area contributed by atoms with Crippen LogP contribution in [0.25, 0.3) is 5.82 Å². The van der Waals surface area contributed by atoms with Gasteiger partial charge in [0.15, 0.2) is 5.82 Å². The number of aromatic nitrogens is 3. The van der Waals surface area contributed by atoms with Crippen LogP contribution in [0, 0.1) is 6.92 Å². The van der Waals surface area contributed by atoms with Gasteiger partial charge in [0.1, 0.15) is 5.82 Å². The molecule has 2 saturated heterocycles. The molecule has 2 aliphatic heterocycles. The maximum atomic E-state index is 4.81. The molecule has 6 heteroatoms. The predicted octanol–water partition coefficient (Wildman–Crippen LogP) is 1.06. The Morgan fingerprint density at radius 3 is 2.74 bits per heavy atom. The summed E-state index contributed by atoms with van der Waals surface area (Å²) >= 11 is 0. The summed E-state index contributed by atoms with van der Waals surface area (Å²) in [6, 6.07) is 6.86. The van der Waals surface area contributed by atoms with Crippen LogP contribution in [-0.2, 0) is 0 Å². The Kier molecular flexibility index (Phi) is 4.01. The minimum atomic E-state index is 0.662. The van der Waals surface area contributed by atoms with Crippen molar-refractivity contribution >= 4 is 5.82 Å². The van der Waals surface area contributed by atoms with Crippen LogP contribution >= 0.6 is 0 Å². The Hall–Kier alpha value is -1.92. The van der Waals surface area contributed by atoms with E-state index in [9.17, 15) is 0 Å². The lowest BCUT2D eigenvalue weighted by Crippen LogP contribution is -2.49. The highest BCUT2D eigenvalue weighted by Gasteiger charge is 2.29. The molecule has 4 rings (SSSR count). The minimum Gasteiger partial charge on any atom is -0.355 e. The van der Waals surface area contributed by atoms with E-state index in [1.807, 2.05) is 30.1 Å². The van der Waals surface area contributed by atoms with Gasteiger partial charge in [0.05, 0.1) is 6.20 Å². The summed E-state index contributed by atoms with van der Waals surface area (Å²) in [5, 5.41) is 7.79. The fourth-order valence-electron chi connectivity index (χ4n) is 3.55. The zero-order valence-electron chi connectivity index (χ0n) is 13.6. The van der Waals surface area contributed by atoms with Crippen molar-refractivity contribution in [2.24, 2.45) is 0 Å². The molecule has 2 aromatic heterocycles. The summed E-state index contributed by atoms with van der Waals surface area (Å²) < 4.78 is 1.85. The molecule has 0 saturated carbocycles. The van der Waals surface area contributed by atoms with Gasteiger partial charge in [-0.05, 0) is 31.0 Å². The molecule has 122 valence electrons. The molecule has 2 fully saturated rings. The molecule has 0 bridgehead atoms. The summed E-state index contributed by atoms with van der Waals surface area (Å²) in [6.45, 7) is 8.77. The highest BCUT2D eigenvalue weighted by atomic mass is 15.3. The number of nitrogens with zero attached hydrogens (tertiary/aromatic N) is 5. The third-order valence-electron chi connectivity index (χ3n) is 4.82. The Balaban J connectivity index is 1.48. The van der Waals surface area contributed by atoms with Gasteiger partial charge in [-0.25, -0.2) is 9.67 Å². The number of hydrogen-bond acceptors (Lipinski definition) is 5. The first-order valence-corrected chi connectivity index (χ1v) is 8.48. The summed E-state index contributed by atoms with van der Waals surface area (Å²) in [5.74, 6) is 1.95. The highest BCUT2D eigenvalue weighted by molar-refractivity contribution is 5.44. The van der Waals surface area contributed by atoms with Crippen LogP contribution in [0.2, 0.25) is 0 Å². The van der Waals surface area contributed by atoms with E-state index < -0.39 is 0 Å². The maximum absolute atomic E-state index is 4.81. The number of aryl methyl sites for hydroxylation is 1. The number of nitrogens with one attached hydrogen (secondary N) is 1. The van der Waals surface area contributed by atoms with E-state index in [1.54, 1.807) is 0 Å². The van der Waals surface area contributed by atoms with Crippen LogP contribution in [0.15, 0.2) is 30.6 Å². The fourth-order valence-corrected chi connectivity index (χ4v) is 3.55. The van der Waals surface area contributed by atoms with Crippen molar-refractivity contribution in [1.82, 2.24) is 25.0 Å². The van der Waals surface area contributed by atoms with Crippen molar-refractivity contribution < 1.29 is 0 Å². The molecule has 0 amide bonds. The molecular formula is C17H24N6. The number of piperazine rings is 1. The Labute approximate surface area is 137 Å². The maximum Gasteiger partial charge on any atom is 0.155 e. The first-order valence-electron chi connectivity index (χ1n) is 8.48. The minimum absolute atomic E-state index is 0.662. The zero-order valence-corrected chi connectivity index (χ0v) is 13.6. The summed E-state index contributed by atoms with van der Waals surface area (Å²) in [7, 11) is 0. The normalized spacial score (nSPS) is 22.7. The second-order valence-electron chi connectivity index (χ2n) is 6.49. The molecule has 1 atom stereocenters. The number of rotatable bonds is 3. The van der Waals surface area contributed by atoms with Crippen molar-refractivity contribution in [3.63, 3.8) is 0 Å². The molecule has 1 N–H and O–H groups in total. The number of anilines is 1. The molecule has 0 aromatic carbocycles. The van der Waals surface area contributed by atoms with Gasteiger partial charge in [-0.2, -0.15) is 5.10 Å². The lowest BCUT2D eigenvalue weighted by atomic mass is 10.2. The molecule has 0 spiro atoms. The van der Waals surface area contributed by atoms with Gasteiger partial charge in [-0.15, -0.1) is 0 Å². The van der Waals surface area contributed by atoms with E-state index >= 15 is 0 Å². The van der Waals surface area contributed by atoms with Gasteiger partial charge < -0.3 is 10.2 Å². The average molecular weight is 312 g/mol. The van der Waals surface area contributed by atoms with Gasteiger partial charge in [0, 0.05) is 51.5 Å². The fraction of sp³-hybridized carbons (Fsp3) is 0.529. The van der Waals surface area contributed by atoms with Crippen LogP contribution in [0.4, 0.5) is 5.82 Å². The van der Waals surface area contributed by atoms with Crippen LogP contribution in [0.1, 0.15) is 12.0 Å². The van der Waals surface area contributed by atoms with Gasteiger partial charge in [-0.1, -0.05) is 6.07 Å². The first kappa shape index (κ1) is 14.7. The van der Waals surface area contributed by atoms with Crippen LogP contribution < -0.4 is 10.2 Å². The smallest absolute Gasteiger partial charge is 0.155 e. The lowest BCUT2D eigenvalue weighted by molar-refractivity contribution is 0.185. The third-order valence-corrected chi connectivity index (χ3v) is 4.82. The quantitative estimate of drug-likeness (QED) is 0.918. The standard InChI is InChI=1S/C17H24N6/c1-14-11-19-23(12-14)17-4-2-3-16(20-17)22-8-5-15(13-22)21-9-6-18-7-10-21/h2-4,11-12,15,18H,5-10,13H2,1H3. The molecule has 2 aliphatic rings. The van der Waals surface area contributed by atoms with Crippen molar-refractivity contribution in [2.45, 2.75) is 19.4 Å². The van der Waals surface area contributed by atoms with Gasteiger partial charge >= 0.3 is 0 Å². The summed E-state index contributed by atoms with van der Waals surface area (Å²) in [4.78, 5) is 9.84. The van der Waals surface area contributed by atoms with Crippen LogP contribution in [0.3, 0.4) is 0 Å². The SMILES string of the molecule is Cc1cnn(-c2cccc(N3CCC(N4CCNCC4)C3)n2)c1. The van der Waals surface area contributed by atoms with Crippen molar-refractivity contribution in [1.29, 1.82) is 0 Å². The Morgan fingerprint density at radius 2 is 1.96 bits per heavy atom. The van der Waals surface area contributed by atoms with E-state index in [1.165, 1.54) is 19.5 Å². The van der Waals surface area contributed by atoms with E-state index in [4.69, 9.17) is 4.98 Å². The van der Waals surface area contributed by atoms with Gasteiger partial charge in [-0.3, -0.25) is 4.90 Å². The van der Waals surface area contributed by atoms with Crippen molar-refractivity contribution in [3.05, 3.63) is 36.2 Å². The first-order chi connectivity index (χ1) is 11.3. The molecule has 1 unspecified atom stereocenters. The molecule has 6 nitrogen and oxygen atoms in total. The molecule has 0 radical (unpaired) electrons. The summed E-state index contributed by atoms with van der Waals surface area (Å²) in [6.07, 6.45) is 5.11. The van der Waals surface area contributed by atoms with E-state index in [0.717, 1.165) is 43.4 Å². The molecule has 0 aliphatic carbocycles. The summed E-state index contributed by atoms with van der Waals surface area (Å²) in [5.41, 5.74) is 1.15. The van der Waals surface area contributed by atoms with Gasteiger partial charge in [0.25, 0.3) is 0 Å². The monoisotopic (exact) mass is 312 g/mol. The highest BCUT2D eigenvalue weighted by Crippen LogP contribution is 2.22. The van der Waals surface area contributed by atoms with E-state index in [-0.39, 0.29) is 0 Å². The zero-order chi connectivity index (χ0) is 15.6. The molecule has 4 heterocycles.